The van der Waals surface area contributed by atoms with Crippen LogP contribution in [0, 0.1) is 6.92 Å². The van der Waals surface area contributed by atoms with Crippen LogP contribution in [0.15, 0.2) is 78.2 Å². The summed E-state index contributed by atoms with van der Waals surface area (Å²) < 4.78 is 5.82. The van der Waals surface area contributed by atoms with Crippen molar-refractivity contribution in [1.82, 2.24) is 15.0 Å². The fraction of sp³-hybridized carbons (Fsp3) is 0.0800. The number of aromatic nitrogens is 3. The summed E-state index contributed by atoms with van der Waals surface area (Å²) in [5.41, 5.74) is 4.72. The SMILES string of the molecule is Cc1nc(COc2cccc(C(=O)Nc3ccccc3-c3nc4ccccc4[nH]3)c2)cs1. The highest BCUT2D eigenvalue weighted by atomic mass is 32.1. The Balaban J connectivity index is 1.35. The number of nitrogens with one attached hydrogen (secondary N) is 2. The normalized spacial score (nSPS) is 10.9. The predicted molar refractivity (Wildman–Crippen MR) is 127 cm³/mol. The third-order valence-corrected chi connectivity index (χ3v) is 5.79. The number of nitrogens with zero attached hydrogens (tertiary/aromatic N) is 2. The molecule has 0 saturated heterocycles. The molecule has 0 saturated carbocycles. The van der Waals surface area contributed by atoms with Crippen molar-refractivity contribution >= 4 is 34.0 Å². The molecule has 2 heterocycles. The maximum Gasteiger partial charge on any atom is 0.255 e. The van der Waals surface area contributed by atoms with Crippen molar-refractivity contribution < 1.29 is 9.53 Å². The summed E-state index contributed by atoms with van der Waals surface area (Å²) in [5.74, 6) is 1.11. The molecule has 0 atom stereocenters. The van der Waals surface area contributed by atoms with Gasteiger partial charge in [0.1, 0.15) is 18.2 Å². The molecule has 0 bridgehead atoms. The third-order valence-electron chi connectivity index (χ3n) is 4.97. The van der Waals surface area contributed by atoms with Crippen molar-refractivity contribution in [2.75, 3.05) is 5.32 Å². The molecule has 0 unspecified atom stereocenters. The second kappa shape index (κ2) is 8.64. The Bertz CT molecular complexity index is 1370. The molecule has 0 fully saturated rings. The third kappa shape index (κ3) is 4.24. The Hall–Kier alpha value is -3.97. The van der Waals surface area contributed by atoms with Crippen LogP contribution in [-0.4, -0.2) is 20.9 Å². The first-order chi connectivity index (χ1) is 15.7. The van der Waals surface area contributed by atoms with E-state index >= 15 is 0 Å². The van der Waals surface area contributed by atoms with E-state index in [0.717, 1.165) is 27.3 Å². The minimum absolute atomic E-state index is 0.219. The van der Waals surface area contributed by atoms with E-state index in [1.807, 2.05) is 73.0 Å². The molecule has 0 spiro atoms. The maximum absolute atomic E-state index is 13.0. The Labute approximate surface area is 188 Å². The van der Waals surface area contributed by atoms with Gasteiger partial charge >= 0.3 is 0 Å². The van der Waals surface area contributed by atoms with Gasteiger partial charge in [-0.15, -0.1) is 11.3 Å². The molecular formula is C25H20N4O2S. The molecule has 0 radical (unpaired) electrons. The highest BCUT2D eigenvalue weighted by Gasteiger charge is 2.13. The molecule has 0 aliphatic carbocycles. The first kappa shape index (κ1) is 20.0. The van der Waals surface area contributed by atoms with E-state index in [0.29, 0.717) is 29.4 Å². The number of imidazole rings is 1. The maximum atomic E-state index is 13.0. The average Bonchev–Trinajstić information content (AvgIpc) is 3.44. The van der Waals surface area contributed by atoms with Crippen LogP contribution in [0.2, 0.25) is 0 Å². The molecule has 0 aliphatic rings. The molecule has 32 heavy (non-hydrogen) atoms. The van der Waals surface area contributed by atoms with E-state index in [2.05, 4.69) is 20.3 Å². The topological polar surface area (TPSA) is 79.9 Å². The Kier molecular flexibility index (Phi) is 5.39. The number of ether oxygens (including phenoxy) is 1. The fourth-order valence-electron chi connectivity index (χ4n) is 3.43. The van der Waals surface area contributed by atoms with E-state index in [9.17, 15) is 4.79 Å². The molecule has 7 heteroatoms. The van der Waals surface area contributed by atoms with Crippen molar-refractivity contribution in [2.24, 2.45) is 0 Å². The zero-order valence-corrected chi connectivity index (χ0v) is 18.1. The molecule has 158 valence electrons. The van der Waals surface area contributed by atoms with E-state index < -0.39 is 0 Å². The van der Waals surface area contributed by atoms with Gasteiger partial charge < -0.3 is 15.0 Å². The molecule has 0 aliphatic heterocycles. The van der Waals surface area contributed by atoms with Gasteiger partial charge in [0.05, 0.1) is 27.4 Å². The minimum atomic E-state index is -0.219. The molecule has 2 N–H and O–H groups in total. The molecule has 5 rings (SSSR count). The number of amides is 1. The molecule has 1 amide bonds. The highest BCUT2D eigenvalue weighted by Crippen LogP contribution is 2.28. The number of carbonyl (C=O) groups is 1. The largest absolute Gasteiger partial charge is 0.487 e. The number of aryl methyl sites for hydroxylation is 1. The van der Waals surface area contributed by atoms with Gasteiger partial charge in [-0.3, -0.25) is 4.79 Å². The Morgan fingerprint density at radius 1 is 1.03 bits per heavy atom. The van der Waals surface area contributed by atoms with Crippen molar-refractivity contribution in [3.8, 4) is 17.1 Å². The highest BCUT2D eigenvalue weighted by molar-refractivity contribution is 7.09. The summed E-state index contributed by atoms with van der Waals surface area (Å²) in [4.78, 5) is 25.4. The van der Waals surface area contributed by atoms with Crippen LogP contribution in [0.25, 0.3) is 22.4 Å². The summed E-state index contributed by atoms with van der Waals surface area (Å²) in [6, 6.07) is 22.6. The van der Waals surface area contributed by atoms with Gasteiger partial charge in [-0.1, -0.05) is 30.3 Å². The van der Waals surface area contributed by atoms with Crippen LogP contribution in [0.1, 0.15) is 21.1 Å². The molecular weight excluding hydrogens is 420 g/mol. The lowest BCUT2D eigenvalue weighted by Crippen LogP contribution is -2.13. The van der Waals surface area contributed by atoms with E-state index in [1.54, 1.807) is 23.5 Å². The van der Waals surface area contributed by atoms with Crippen LogP contribution < -0.4 is 10.1 Å². The van der Waals surface area contributed by atoms with Crippen LogP contribution in [0.3, 0.4) is 0 Å². The predicted octanol–water partition coefficient (Wildman–Crippen LogP) is 5.83. The zero-order valence-electron chi connectivity index (χ0n) is 17.3. The number of H-pyrrole nitrogens is 1. The van der Waals surface area contributed by atoms with Gasteiger partial charge in [0.25, 0.3) is 5.91 Å². The van der Waals surface area contributed by atoms with Crippen molar-refractivity contribution in [3.05, 3.63) is 94.4 Å². The van der Waals surface area contributed by atoms with E-state index in [-0.39, 0.29) is 5.91 Å². The quantitative estimate of drug-likeness (QED) is 0.348. The number of anilines is 1. The lowest BCUT2D eigenvalue weighted by Gasteiger charge is -2.11. The summed E-state index contributed by atoms with van der Waals surface area (Å²) in [6.45, 7) is 2.33. The van der Waals surface area contributed by atoms with Crippen molar-refractivity contribution in [3.63, 3.8) is 0 Å². The van der Waals surface area contributed by atoms with E-state index in [4.69, 9.17) is 4.74 Å². The number of thiazole rings is 1. The van der Waals surface area contributed by atoms with Crippen molar-refractivity contribution in [2.45, 2.75) is 13.5 Å². The molecule has 3 aromatic carbocycles. The number of fused-ring (bicyclic) bond motifs is 1. The first-order valence-corrected chi connectivity index (χ1v) is 11.0. The summed E-state index contributed by atoms with van der Waals surface area (Å²) in [7, 11) is 0. The van der Waals surface area contributed by atoms with Gasteiger partial charge in [0.15, 0.2) is 0 Å². The average molecular weight is 441 g/mol. The van der Waals surface area contributed by atoms with E-state index in [1.165, 1.54) is 0 Å². The fourth-order valence-corrected chi connectivity index (χ4v) is 4.03. The Morgan fingerprint density at radius 3 is 2.72 bits per heavy atom. The first-order valence-electron chi connectivity index (χ1n) is 10.1. The van der Waals surface area contributed by atoms with Crippen LogP contribution in [0.5, 0.6) is 5.75 Å². The second-order valence-electron chi connectivity index (χ2n) is 7.28. The van der Waals surface area contributed by atoms with Gasteiger partial charge in [0.2, 0.25) is 0 Å². The monoisotopic (exact) mass is 440 g/mol. The number of aromatic amines is 1. The van der Waals surface area contributed by atoms with Crippen LogP contribution in [-0.2, 0) is 6.61 Å². The number of benzene rings is 3. The van der Waals surface area contributed by atoms with Gasteiger partial charge in [-0.25, -0.2) is 9.97 Å². The summed E-state index contributed by atoms with van der Waals surface area (Å²) >= 11 is 1.59. The number of para-hydroxylation sites is 3. The zero-order chi connectivity index (χ0) is 21.9. The summed E-state index contributed by atoms with van der Waals surface area (Å²) in [6.07, 6.45) is 0. The molecule has 2 aromatic heterocycles. The molecule has 6 nitrogen and oxygen atoms in total. The minimum Gasteiger partial charge on any atom is -0.487 e. The second-order valence-corrected chi connectivity index (χ2v) is 8.34. The number of rotatable bonds is 6. The van der Waals surface area contributed by atoms with Gasteiger partial charge in [0, 0.05) is 16.5 Å². The van der Waals surface area contributed by atoms with Crippen molar-refractivity contribution in [1.29, 1.82) is 0 Å². The smallest absolute Gasteiger partial charge is 0.255 e. The molecule has 5 aromatic rings. The standard InChI is InChI=1S/C25H20N4O2S/c1-16-26-18(15-32-16)14-31-19-8-6-7-17(13-19)25(30)29-21-10-3-2-9-20(21)24-27-22-11-4-5-12-23(22)28-24/h2-13,15H,14H2,1H3,(H,27,28)(H,29,30). The van der Waals surface area contributed by atoms with Crippen LogP contribution in [0.4, 0.5) is 5.69 Å². The Morgan fingerprint density at radius 2 is 1.88 bits per heavy atom. The summed E-state index contributed by atoms with van der Waals surface area (Å²) in [5, 5.41) is 5.98. The lowest BCUT2D eigenvalue weighted by atomic mass is 10.1. The number of hydrogen-bond acceptors (Lipinski definition) is 5. The van der Waals surface area contributed by atoms with Crippen LogP contribution >= 0.6 is 11.3 Å². The number of carbonyl (C=O) groups excluding carboxylic acids is 1. The lowest BCUT2D eigenvalue weighted by molar-refractivity contribution is 0.102. The van der Waals surface area contributed by atoms with Gasteiger partial charge in [-0.05, 0) is 49.4 Å². The van der Waals surface area contributed by atoms with Gasteiger partial charge in [-0.2, -0.15) is 0 Å². The number of hydrogen-bond donors (Lipinski definition) is 2.